The van der Waals surface area contributed by atoms with E-state index >= 15 is 0 Å². The van der Waals surface area contributed by atoms with Gasteiger partial charge in [-0.25, -0.2) is 15.0 Å². The number of anilines is 1. The van der Waals surface area contributed by atoms with Gasteiger partial charge in [-0.1, -0.05) is 20.8 Å². The maximum Gasteiger partial charge on any atom is 0.213 e. The Morgan fingerprint density at radius 1 is 1.37 bits per heavy atom. The lowest BCUT2D eigenvalue weighted by Crippen LogP contribution is -2.05. The minimum absolute atomic E-state index is 0.284. The van der Waals surface area contributed by atoms with E-state index in [0.717, 1.165) is 28.4 Å². The highest BCUT2D eigenvalue weighted by Gasteiger charge is 2.08. The van der Waals surface area contributed by atoms with Crippen molar-refractivity contribution in [1.82, 2.24) is 15.0 Å². The summed E-state index contributed by atoms with van der Waals surface area (Å²) in [5.41, 5.74) is 0. The molecule has 0 aliphatic heterocycles. The van der Waals surface area contributed by atoms with Crippen LogP contribution in [-0.2, 0) is 13.0 Å². The number of aryl methyl sites for hydroxylation is 1. The monoisotopic (exact) mass is 324 g/mol. The van der Waals surface area contributed by atoms with E-state index in [0.29, 0.717) is 12.4 Å². The summed E-state index contributed by atoms with van der Waals surface area (Å²) in [7, 11) is 0. The third-order valence-electron chi connectivity index (χ3n) is 2.60. The van der Waals surface area contributed by atoms with Crippen molar-refractivity contribution in [2.24, 2.45) is 0 Å². The van der Waals surface area contributed by atoms with Crippen molar-refractivity contribution in [3.8, 4) is 0 Å². The van der Waals surface area contributed by atoms with Crippen LogP contribution in [-0.4, -0.2) is 15.0 Å². The molecule has 0 unspecified atom stereocenters. The fourth-order valence-electron chi connectivity index (χ4n) is 1.54. The van der Waals surface area contributed by atoms with Gasteiger partial charge >= 0.3 is 0 Å². The smallest absolute Gasteiger partial charge is 0.213 e. The molecule has 0 aliphatic rings. The van der Waals surface area contributed by atoms with E-state index in [1.54, 1.807) is 6.20 Å². The zero-order valence-electron chi connectivity index (χ0n) is 11.3. The summed E-state index contributed by atoms with van der Waals surface area (Å²) < 4.78 is 6.31. The Hall–Kier alpha value is -1.43. The van der Waals surface area contributed by atoms with E-state index in [9.17, 15) is 0 Å². The molecule has 0 fully saturated rings. The summed E-state index contributed by atoms with van der Waals surface area (Å²) in [6, 6.07) is 1.84. The molecule has 1 N–H and O–H groups in total. The van der Waals surface area contributed by atoms with Gasteiger partial charge in [0, 0.05) is 18.4 Å². The average molecular weight is 325 g/mol. The van der Waals surface area contributed by atoms with Gasteiger partial charge in [-0.15, -0.1) is 0 Å². The van der Waals surface area contributed by atoms with Crippen LogP contribution in [0.25, 0.3) is 0 Å². The molecule has 19 heavy (non-hydrogen) atoms. The number of aromatic nitrogens is 3. The molecule has 2 heterocycles. The Kier molecular flexibility index (Phi) is 4.52. The molecule has 0 amide bonds. The molecule has 0 saturated heterocycles. The molecule has 0 atom stereocenters. The first-order valence-electron chi connectivity index (χ1n) is 6.30. The fourth-order valence-corrected chi connectivity index (χ4v) is 1.94. The summed E-state index contributed by atoms with van der Waals surface area (Å²) in [5, 5.41) is 3.20. The van der Waals surface area contributed by atoms with Crippen molar-refractivity contribution in [2.45, 2.75) is 39.7 Å². The second kappa shape index (κ2) is 6.14. The summed E-state index contributed by atoms with van der Waals surface area (Å²) in [5.74, 6) is 3.41. The quantitative estimate of drug-likeness (QED) is 0.852. The van der Waals surface area contributed by atoms with Gasteiger partial charge in [0.1, 0.15) is 22.0 Å². The molecule has 0 aromatic carbocycles. The van der Waals surface area contributed by atoms with Crippen molar-refractivity contribution < 1.29 is 4.42 Å². The topological polar surface area (TPSA) is 63.8 Å². The summed E-state index contributed by atoms with van der Waals surface area (Å²) in [4.78, 5) is 13.0. The third kappa shape index (κ3) is 3.76. The number of hydrogen-bond donors (Lipinski definition) is 1. The number of oxazole rings is 1. The number of halogens is 1. The second-order valence-electron chi connectivity index (χ2n) is 4.52. The molecule has 0 bridgehead atoms. The van der Waals surface area contributed by atoms with Crippen molar-refractivity contribution in [3.63, 3.8) is 0 Å². The van der Waals surface area contributed by atoms with E-state index in [2.05, 4.69) is 50.0 Å². The van der Waals surface area contributed by atoms with Crippen molar-refractivity contribution in [3.05, 3.63) is 34.3 Å². The van der Waals surface area contributed by atoms with Crippen LogP contribution in [0.3, 0.4) is 0 Å². The van der Waals surface area contributed by atoms with Crippen molar-refractivity contribution >= 4 is 21.7 Å². The summed E-state index contributed by atoms with van der Waals surface area (Å²) >= 11 is 3.39. The Bertz CT molecular complexity index is 553. The molecule has 5 nitrogen and oxygen atoms in total. The van der Waals surface area contributed by atoms with Crippen LogP contribution in [0, 0.1) is 0 Å². The number of rotatable bonds is 5. The van der Waals surface area contributed by atoms with Gasteiger partial charge in [0.05, 0.1) is 12.7 Å². The van der Waals surface area contributed by atoms with Crippen LogP contribution in [0.15, 0.2) is 21.3 Å². The van der Waals surface area contributed by atoms with Crippen LogP contribution in [0.4, 0.5) is 5.82 Å². The first-order valence-corrected chi connectivity index (χ1v) is 7.09. The fraction of sp³-hybridized carbons (Fsp3) is 0.462. The molecule has 0 radical (unpaired) electrons. The molecule has 102 valence electrons. The minimum Gasteiger partial charge on any atom is -0.444 e. The maximum atomic E-state index is 5.53. The lowest BCUT2D eigenvalue weighted by molar-refractivity contribution is 0.465. The highest BCUT2D eigenvalue weighted by atomic mass is 79.9. The number of nitrogens with zero attached hydrogens (tertiary/aromatic N) is 3. The zero-order valence-corrected chi connectivity index (χ0v) is 12.9. The SMILES string of the molecule is CCc1cnc(CNc2cc(Br)nc(C(C)C)n2)o1. The van der Waals surface area contributed by atoms with E-state index in [-0.39, 0.29) is 5.92 Å². The maximum absolute atomic E-state index is 5.53. The average Bonchev–Trinajstić information content (AvgIpc) is 2.83. The Morgan fingerprint density at radius 3 is 2.79 bits per heavy atom. The largest absolute Gasteiger partial charge is 0.444 e. The highest BCUT2D eigenvalue weighted by molar-refractivity contribution is 9.10. The molecule has 2 aromatic heterocycles. The van der Waals surface area contributed by atoms with Crippen molar-refractivity contribution in [1.29, 1.82) is 0 Å². The Balaban J connectivity index is 2.06. The van der Waals surface area contributed by atoms with Gasteiger partial charge < -0.3 is 9.73 Å². The molecule has 0 spiro atoms. The van der Waals surface area contributed by atoms with Gasteiger partial charge in [0.25, 0.3) is 0 Å². The Labute approximate surface area is 121 Å². The molecule has 6 heteroatoms. The third-order valence-corrected chi connectivity index (χ3v) is 3.01. The first-order chi connectivity index (χ1) is 9.08. The van der Waals surface area contributed by atoms with Crippen LogP contribution in [0.1, 0.15) is 44.2 Å². The van der Waals surface area contributed by atoms with Crippen LogP contribution >= 0.6 is 15.9 Å². The predicted octanol–water partition coefficient (Wildman–Crippen LogP) is 3.53. The molecule has 2 aromatic rings. The second-order valence-corrected chi connectivity index (χ2v) is 5.33. The molecular weight excluding hydrogens is 308 g/mol. The summed E-state index contributed by atoms with van der Waals surface area (Å²) in [6.45, 7) is 6.68. The normalized spacial score (nSPS) is 11.0. The Morgan fingerprint density at radius 2 is 2.16 bits per heavy atom. The summed E-state index contributed by atoms with van der Waals surface area (Å²) in [6.07, 6.45) is 2.61. The van der Waals surface area contributed by atoms with E-state index in [1.807, 2.05) is 13.0 Å². The number of nitrogens with one attached hydrogen (secondary N) is 1. The van der Waals surface area contributed by atoms with Gasteiger partial charge in [0.2, 0.25) is 5.89 Å². The highest BCUT2D eigenvalue weighted by Crippen LogP contribution is 2.18. The van der Waals surface area contributed by atoms with Gasteiger partial charge in [0.15, 0.2) is 0 Å². The van der Waals surface area contributed by atoms with Gasteiger partial charge in [-0.3, -0.25) is 0 Å². The molecule has 0 saturated carbocycles. The standard InChI is InChI=1S/C13H17BrN4O/c1-4-9-6-16-12(19-9)7-15-11-5-10(14)17-13(18-11)8(2)3/h5-6,8H,4,7H2,1-3H3,(H,15,17,18). The van der Waals surface area contributed by atoms with Crippen LogP contribution in [0.2, 0.25) is 0 Å². The lowest BCUT2D eigenvalue weighted by atomic mass is 10.2. The van der Waals surface area contributed by atoms with Gasteiger partial charge in [-0.2, -0.15) is 0 Å². The molecular formula is C13H17BrN4O. The van der Waals surface area contributed by atoms with Crippen molar-refractivity contribution in [2.75, 3.05) is 5.32 Å². The van der Waals surface area contributed by atoms with Crippen LogP contribution < -0.4 is 5.32 Å². The minimum atomic E-state index is 0.284. The lowest BCUT2D eigenvalue weighted by Gasteiger charge is -2.08. The predicted molar refractivity (Wildman–Crippen MR) is 77.0 cm³/mol. The van der Waals surface area contributed by atoms with E-state index in [4.69, 9.17) is 4.42 Å². The number of hydrogen-bond acceptors (Lipinski definition) is 5. The molecule has 2 rings (SSSR count). The first kappa shape index (κ1) is 14.0. The van der Waals surface area contributed by atoms with E-state index in [1.165, 1.54) is 0 Å². The van der Waals surface area contributed by atoms with E-state index < -0.39 is 0 Å². The zero-order chi connectivity index (χ0) is 13.8. The van der Waals surface area contributed by atoms with Gasteiger partial charge in [-0.05, 0) is 15.9 Å². The molecule has 0 aliphatic carbocycles. The van der Waals surface area contributed by atoms with Crippen LogP contribution in [0.5, 0.6) is 0 Å².